The SMILES string of the molecule is CCn1nc(C(C)(C)C)c(C#N)c1N=Nc1c(C(C)(C)C)nn(C)c1N. The largest absolute Gasteiger partial charge is 0.382 e. The van der Waals surface area contributed by atoms with Gasteiger partial charge in [0, 0.05) is 24.4 Å². The molecule has 0 aliphatic heterocycles. The average Bonchev–Trinajstić information content (AvgIpc) is 3.03. The van der Waals surface area contributed by atoms with Crippen LogP contribution in [0.4, 0.5) is 17.3 Å². The van der Waals surface area contributed by atoms with Crippen molar-refractivity contribution in [3.05, 3.63) is 17.0 Å². The molecule has 26 heavy (non-hydrogen) atoms. The molecule has 2 aromatic rings. The standard InChI is InChI=1S/C18H28N8/c1-9-26-16(11(10-19)13(24-26)17(2,3)4)22-21-12-14(18(5,6)7)23-25(8)15(12)20/h9,20H2,1-8H3. The van der Waals surface area contributed by atoms with E-state index in [9.17, 15) is 5.26 Å². The van der Waals surface area contributed by atoms with Gasteiger partial charge in [0.1, 0.15) is 17.5 Å². The predicted octanol–water partition coefficient (Wildman–Crippen LogP) is 4.10. The number of anilines is 1. The Morgan fingerprint density at radius 3 is 2.08 bits per heavy atom. The number of nitrogens with zero attached hydrogens (tertiary/aromatic N) is 7. The topological polar surface area (TPSA) is 110 Å². The molecular weight excluding hydrogens is 328 g/mol. The van der Waals surface area contributed by atoms with Gasteiger partial charge in [0.15, 0.2) is 11.5 Å². The van der Waals surface area contributed by atoms with E-state index in [0.717, 1.165) is 5.69 Å². The lowest BCUT2D eigenvalue weighted by Gasteiger charge is -2.15. The molecule has 0 aliphatic rings. The van der Waals surface area contributed by atoms with Crippen molar-refractivity contribution in [2.75, 3.05) is 5.73 Å². The van der Waals surface area contributed by atoms with E-state index in [0.29, 0.717) is 35.1 Å². The number of nitrogen functional groups attached to an aromatic ring is 1. The van der Waals surface area contributed by atoms with Gasteiger partial charge < -0.3 is 5.73 Å². The highest BCUT2D eigenvalue weighted by Crippen LogP contribution is 2.37. The van der Waals surface area contributed by atoms with E-state index in [2.05, 4.69) is 26.5 Å². The van der Waals surface area contributed by atoms with Gasteiger partial charge >= 0.3 is 0 Å². The van der Waals surface area contributed by atoms with Crippen molar-refractivity contribution < 1.29 is 0 Å². The van der Waals surface area contributed by atoms with Gasteiger partial charge in [-0.2, -0.15) is 15.5 Å². The summed E-state index contributed by atoms with van der Waals surface area (Å²) in [5.41, 5.74) is 8.10. The highest BCUT2D eigenvalue weighted by molar-refractivity contribution is 5.63. The minimum Gasteiger partial charge on any atom is -0.382 e. The predicted molar refractivity (Wildman–Crippen MR) is 102 cm³/mol. The molecule has 0 spiro atoms. The summed E-state index contributed by atoms with van der Waals surface area (Å²) >= 11 is 0. The zero-order valence-electron chi connectivity index (χ0n) is 16.9. The molecule has 0 fully saturated rings. The van der Waals surface area contributed by atoms with Crippen molar-refractivity contribution in [1.82, 2.24) is 19.6 Å². The first-order valence-corrected chi connectivity index (χ1v) is 8.67. The van der Waals surface area contributed by atoms with Crippen LogP contribution in [0.3, 0.4) is 0 Å². The van der Waals surface area contributed by atoms with Crippen LogP contribution in [0.2, 0.25) is 0 Å². The van der Waals surface area contributed by atoms with E-state index in [1.165, 1.54) is 0 Å². The van der Waals surface area contributed by atoms with Crippen molar-refractivity contribution in [2.45, 2.75) is 65.8 Å². The molecule has 2 aromatic heterocycles. The molecule has 0 saturated heterocycles. The van der Waals surface area contributed by atoms with Gasteiger partial charge in [-0.3, -0.25) is 4.68 Å². The van der Waals surface area contributed by atoms with Gasteiger partial charge in [-0.15, -0.1) is 10.2 Å². The highest BCUT2D eigenvalue weighted by Gasteiger charge is 2.28. The molecule has 0 aliphatic carbocycles. The molecule has 2 rings (SSSR count). The van der Waals surface area contributed by atoms with E-state index in [4.69, 9.17) is 5.73 Å². The van der Waals surface area contributed by atoms with Crippen molar-refractivity contribution >= 4 is 17.3 Å². The van der Waals surface area contributed by atoms with Crippen LogP contribution in [0, 0.1) is 11.3 Å². The molecule has 0 atom stereocenters. The van der Waals surface area contributed by atoms with Gasteiger partial charge in [-0.25, -0.2) is 4.68 Å². The van der Waals surface area contributed by atoms with Crippen LogP contribution < -0.4 is 5.73 Å². The van der Waals surface area contributed by atoms with Crippen molar-refractivity contribution in [3.8, 4) is 6.07 Å². The summed E-state index contributed by atoms with van der Waals surface area (Å²) in [6.45, 7) is 14.7. The summed E-state index contributed by atoms with van der Waals surface area (Å²) in [7, 11) is 1.78. The summed E-state index contributed by atoms with van der Waals surface area (Å²) in [5.74, 6) is 0.888. The fourth-order valence-corrected chi connectivity index (χ4v) is 2.63. The van der Waals surface area contributed by atoms with Crippen LogP contribution >= 0.6 is 0 Å². The van der Waals surface area contributed by atoms with E-state index >= 15 is 0 Å². The van der Waals surface area contributed by atoms with E-state index in [1.54, 1.807) is 16.4 Å². The first-order valence-electron chi connectivity index (χ1n) is 8.67. The number of aromatic nitrogens is 4. The Bertz CT molecular complexity index is 878. The molecule has 0 saturated carbocycles. The fourth-order valence-electron chi connectivity index (χ4n) is 2.63. The van der Waals surface area contributed by atoms with E-state index in [-0.39, 0.29) is 10.8 Å². The number of hydrogen-bond donors (Lipinski definition) is 1. The molecule has 2 N–H and O–H groups in total. The molecule has 0 amide bonds. The van der Waals surface area contributed by atoms with Gasteiger partial charge in [0.05, 0.1) is 11.4 Å². The summed E-state index contributed by atoms with van der Waals surface area (Å²) in [4.78, 5) is 0. The van der Waals surface area contributed by atoms with Crippen LogP contribution in [-0.4, -0.2) is 19.6 Å². The Hall–Kier alpha value is -2.69. The van der Waals surface area contributed by atoms with Crippen LogP contribution in [0.5, 0.6) is 0 Å². The summed E-state index contributed by atoms with van der Waals surface area (Å²) in [5, 5.41) is 27.5. The molecule has 8 heteroatoms. The quantitative estimate of drug-likeness (QED) is 0.834. The zero-order chi connectivity index (χ0) is 19.9. The lowest BCUT2D eigenvalue weighted by atomic mass is 9.90. The minimum absolute atomic E-state index is 0.233. The zero-order valence-corrected chi connectivity index (χ0v) is 16.9. The Balaban J connectivity index is 2.64. The lowest BCUT2D eigenvalue weighted by molar-refractivity contribution is 0.540. The number of aryl methyl sites for hydroxylation is 2. The third kappa shape index (κ3) is 3.47. The maximum Gasteiger partial charge on any atom is 0.191 e. The minimum atomic E-state index is -0.264. The summed E-state index contributed by atoms with van der Waals surface area (Å²) in [6.07, 6.45) is 0. The number of hydrogen-bond acceptors (Lipinski definition) is 6. The third-order valence-electron chi connectivity index (χ3n) is 4.07. The normalized spacial score (nSPS) is 12.7. The van der Waals surface area contributed by atoms with E-state index < -0.39 is 0 Å². The van der Waals surface area contributed by atoms with Crippen molar-refractivity contribution in [2.24, 2.45) is 17.3 Å². The molecule has 8 nitrogen and oxygen atoms in total. The summed E-state index contributed by atoms with van der Waals surface area (Å²) in [6, 6.07) is 2.24. The van der Waals surface area contributed by atoms with Crippen LogP contribution in [0.25, 0.3) is 0 Å². The van der Waals surface area contributed by atoms with Crippen LogP contribution in [-0.2, 0) is 24.4 Å². The number of nitriles is 1. The van der Waals surface area contributed by atoms with Crippen LogP contribution in [0.15, 0.2) is 10.2 Å². The molecule has 140 valence electrons. The Morgan fingerprint density at radius 1 is 1.04 bits per heavy atom. The van der Waals surface area contributed by atoms with Crippen LogP contribution in [0.1, 0.15) is 65.4 Å². The smallest absolute Gasteiger partial charge is 0.191 e. The molecule has 0 unspecified atom stereocenters. The second kappa shape index (κ2) is 6.56. The molecule has 0 aromatic carbocycles. The summed E-state index contributed by atoms with van der Waals surface area (Å²) < 4.78 is 3.30. The number of nitrogens with two attached hydrogens (primary N) is 1. The second-order valence-corrected chi connectivity index (χ2v) is 8.38. The lowest BCUT2D eigenvalue weighted by Crippen LogP contribution is -2.14. The molecule has 0 radical (unpaired) electrons. The Morgan fingerprint density at radius 2 is 1.62 bits per heavy atom. The number of rotatable bonds is 3. The molecule has 0 bridgehead atoms. The first-order chi connectivity index (χ1) is 11.9. The maximum atomic E-state index is 9.67. The fraction of sp³-hybridized carbons (Fsp3) is 0.611. The molecule has 2 heterocycles. The van der Waals surface area contributed by atoms with Crippen molar-refractivity contribution in [3.63, 3.8) is 0 Å². The van der Waals surface area contributed by atoms with Crippen molar-refractivity contribution in [1.29, 1.82) is 5.26 Å². The van der Waals surface area contributed by atoms with E-state index in [1.807, 2.05) is 48.5 Å². The average molecular weight is 356 g/mol. The Kier molecular flexibility index (Phi) is 4.95. The number of azo groups is 1. The van der Waals surface area contributed by atoms with Gasteiger partial charge in [-0.05, 0) is 6.92 Å². The Labute approximate surface area is 154 Å². The maximum absolute atomic E-state index is 9.67. The first kappa shape index (κ1) is 19.6. The van der Waals surface area contributed by atoms with Gasteiger partial charge in [0.2, 0.25) is 0 Å². The van der Waals surface area contributed by atoms with Gasteiger partial charge in [-0.1, -0.05) is 41.5 Å². The monoisotopic (exact) mass is 356 g/mol. The van der Waals surface area contributed by atoms with Gasteiger partial charge in [0.25, 0.3) is 0 Å². The highest BCUT2D eigenvalue weighted by atomic mass is 15.4. The molecular formula is C18H28N8. The second-order valence-electron chi connectivity index (χ2n) is 8.38. The third-order valence-corrected chi connectivity index (χ3v) is 4.07.